The Labute approximate surface area is 229 Å². The van der Waals surface area contributed by atoms with Gasteiger partial charge in [0.1, 0.15) is 5.76 Å². The van der Waals surface area contributed by atoms with E-state index < -0.39 is 11.8 Å². The van der Waals surface area contributed by atoms with Gasteiger partial charge in [-0.15, -0.1) is 0 Å². The number of para-hydroxylation sites is 1. The third-order valence-electron chi connectivity index (χ3n) is 7.78. The zero-order valence-electron chi connectivity index (χ0n) is 23.1. The highest BCUT2D eigenvalue weighted by Crippen LogP contribution is 2.46. The Hall–Kier alpha value is -4.26. The highest BCUT2D eigenvalue weighted by atomic mass is 16.3. The highest BCUT2D eigenvalue weighted by molar-refractivity contribution is 6.11. The van der Waals surface area contributed by atoms with E-state index in [2.05, 4.69) is 67.4 Å². The van der Waals surface area contributed by atoms with E-state index in [1.165, 1.54) is 47.3 Å². The molecule has 7 heteroatoms. The minimum absolute atomic E-state index is 0.119. The van der Waals surface area contributed by atoms with Gasteiger partial charge in [-0.05, 0) is 77.1 Å². The third-order valence-corrected chi connectivity index (χ3v) is 7.78. The Morgan fingerprint density at radius 1 is 0.897 bits per heavy atom. The van der Waals surface area contributed by atoms with Gasteiger partial charge in [-0.25, -0.2) is 4.98 Å². The maximum Gasteiger partial charge on any atom is 0.291 e. The van der Waals surface area contributed by atoms with Gasteiger partial charge >= 0.3 is 0 Å². The minimum atomic E-state index is -0.425. The molecule has 0 saturated carbocycles. The number of aryl methyl sites for hydroxylation is 1. The van der Waals surface area contributed by atoms with Crippen LogP contribution < -0.4 is 10.6 Å². The van der Waals surface area contributed by atoms with Gasteiger partial charge < -0.3 is 15.1 Å². The molecule has 2 heterocycles. The molecule has 4 aromatic rings. The van der Waals surface area contributed by atoms with Crippen molar-refractivity contribution in [2.45, 2.75) is 64.7 Å². The minimum Gasteiger partial charge on any atom is -0.456 e. The summed E-state index contributed by atoms with van der Waals surface area (Å²) >= 11 is 0. The zero-order valence-corrected chi connectivity index (χ0v) is 23.1. The van der Waals surface area contributed by atoms with Gasteiger partial charge in [-0.3, -0.25) is 14.6 Å². The van der Waals surface area contributed by atoms with Crippen LogP contribution in [0.3, 0.4) is 0 Å². The predicted octanol–water partition coefficient (Wildman–Crippen LogP) is 6.82. The number of amides is 2. The van der Waals surface area contributed by atoms with E-state index in [1.54, 1.807) is 30.3 Å². The third kappa shape index (κ3) is 5.48. The number of carbonyl (C=O) groups excluding carboxylic acids is 2. The van der Waals surface area contributed by atoms with Crippen LogP contribution in [0.2, 0.25) is 0 Å². The van der Waals surface area contributed by atoms with Crippen molar-refractivity contribution in [2.75, 3.05) is 10.6 Å². The number of rotatable bonds is 6. The Morgan fingerprint density at radius 3 is 2.33 bits per heavy atom. The fourth-order valence-electron chi connectivity index (χ4n) is 5.26. The second-order valence-electron chi connectivity index (χ2n) is 11.6. The number of benzene rings is 2. The van der Waals surface area contributed by atoms with Crippen molar-refractivity contribution in [3.05, 3.63) is 106 Å². The van der Waals surface area contributed by atoms with E-state index >= 15 is 0 Å². The maximum atomic E-state index is 13.1. The number of hydrogen-bond acceptors (Lipinski definition) is 5. The summed E-state index contributed by atoms with van der Waals surface area (Å²) in [5, 5.41) is 5.51. The number of carbonyl (C=O) groups is 2. The summed E-state index contributed by atoms with van der Waals surface area (Å²) in [7, 11) is 0. The fraction of sp³-hybridized carbons (Fsp3) is 0.312. The van der Waals surface area contributed by atoms with Crippen LogP contribution in [-0.2, 0) is 17.3 Å². The van der Waals surface area contributed by atoms with Gasteiger partial charge in [0.15, 0.2) is 11.6 Å². The summed E-state index contributed by atoms with van der Waals surface area (Å²) in [4.78, 5) is 33.9. The van der Waals surface area contributed by atoms with Crippen molar-refractivity contribution < 1.29 is 14.0 Å². The maximum absolute atomic E-state index is 13.1. The average molecular weight is 523 g/mol. The summed E-state index contributed by atoms with van der Waals surface area (Å²) in [5.41, 5.74) is 6.22. The standard InChI is InChI=1S/C32H34N4O3/c1-20-16-24-25(32(4,5)13-12-31(24,2)3)18-21(20)17-22-10-11-27(39-22)30(38)35-26-9-7-6-8-23(26)29(37)36-28-19-33-14-15-34-28/h6-11,14-16,18-19H,12-13,17H2,1-5H3,(H,35,38)(H,34,36,37). The molecule has 7 nitrogen and oxygen atoms in total. The monoisotopic (exact) mass is 522 g/mol. The number of nitrogens with one attached hydrogen (secondary N) is 2. The number of anilines is 2. The lowest BCUT2D eigenvalue weighted by molar-refractivity contribution is 0.0995. The lowest BCUT2D eigenvalue weighted by Crippen LogP contribution is -2.34. The van der Waals surface area contributed by atoms with Crippen molar-refractivity contribution in [1.82, 2.24) is 9.97 Å². The first kappa shape index (κ1) is 26.4. The van der Waals surface area contributed by atoms with Crippen molar-refractivity contribution in [2.24, 2.45) is 0 Å². The van der Waals surface area contributed by atoms with E-state index in [1.807, 2.05) is 6.07 Å². The van der Waals surface area contributed by atoms with Gasteiger partial charge in [-0.1, -0.05) is 52.0 Å². The number of hydrogen-bond donors (Lipinski definition) is 2. The van der Waals surface area contributed by atoms with Crippen LogP contribution in [0.15, 0.2) is 71.5 Å². The van der Waals surface area contributed by atoms with Crippen LogP contribution in [0, 0.1) is 6.92 Å². The summed E-state index contributed by atoms with van der Waals surface area (Å²) in [5.74, 6) is 0.395. The van der Waals surface area contributed by atoms with Gasteiger partial charge in [-0.2, -0.15) is 0 Å². The molecule has 2 N–H and O–H groups in total. The smallest absolute Gasteiger partial charge is 0.291 e. The fourth-order valence-corrected chi connectivity index (χ4v) is 5.26. The molecule has 0 bridgehead atoms. The summed E-state index contributed by atoms with van der Waals surface area (Å²) in [6, 6.07) is 15.0. The van der Waals surface area contributed by atoms with E-state index in [9.17, 15) is 9.59 Å². The predicted molar refractivity (Wildman–Crippen MR) is 152 cm³/mol. The lowest BCUT2D eigenvalue weighted by Gasteiger charge is -2.42. The van der Waals surface area contributed by atoms with Crippen LogP contribution in [0.4, 0.5) is 11.5 Å². The van der Waals surface area contributed by atoms with Crippen LogP contribution >= 0.6 is 0 Å². The molecule has 39 heavy (non-hydrogen) atoms. The number of fused-ring (bicyclic) bond motifs is 1. The highest BCUT2D eigenvalue weighted by Gasteiger charge is 2.37. The SMILES string of the molecule is Cc1cc2c(cc1Cc1ccc(C(=O)Nc3ccccc3C(=O)Nc3cnccn3)o1)C(C)(C)CCC2(C)C. The average Bonchev–Trinajstić information content (AvgIpc) is 3.37. The molecule has 0 atom stereocenters. The molecule has 0 radical (unpaired) electrons. The Balaban J connectivity index is 1.33. The normalized spacial score (nSPS) is 15.3. The number of nitrogens with zero attached hydrogens (tertiary/aromatic N) is 2. The second kappa shape index (κ2) is 10.1. The molecular formula is C32H34N4O3. The van der Waals surface area contributed by atoms with Crippen molar-refractivity contribution >= 4 is 23.3 Å². The molecular weight excluding hydrogens is 488 g/mol. The first-order valence-corrected chi connectivity index (χ1v) is 13.2. The van der Waals surface area contributed by atoms with Crippen molar-refractivity contribution in [3.8, 4) is 0 Å². The molecule has 0 saturated heterocycles. The van der Waals surface area contributed by atoms with Crippen LogP contribution in [0.1, 0.15) is 89.5 Å². The molecule has 2 amide bonds. The topological polar surface area (TPSA) is 97.1 Å². The van der Waals surface area contributed by atoms with Gasteiger partial charge in [0.2, 0.25) is 0 Å². The molecule has 0 unspecified atom stereocenters. The Bertz CT molecular complexity index is 1540. The van der Waals surface area contributed by atoms with Crippen molar-refractivity contribution in [3.63, 3.8) is 0 Å². The van der Waals surface area contributed by atoms with Crippen LogP contribution in [0.25, 0.3) is 0 Å². The van der Waals surface area contributed by atoms with E-state index in [0.717, 1.165) is 6.42 Å². The summed E-state index contributed by atoms with van der Waals surface area (Å²) in [6.45, 7) is 11.4. The number of aromatic nitrogens is 2. The molecule has 1 aliphatic carbocycles. The second-order valence-corrected chi connectivity index (χ2v) is 11.6. The van der Waals surface area contributed by atoms with E-state index in [4.69, 9.17) is 4.42 Å². The molecule has 200 valence electrons. The van der Waals surface area contributed by atoms with E-state index in [0.29, 0.717) is 29.2 Å². The first-order chi connectivity index (χ1) is 18.5. The van der Waals surface area contributed by atoms with Gasteiger partial charge in [0, 0.05) is 18.8 Å². The molecule has 0 aliphatic heterocycles. The lowest BCUT2D eigenvalue weighted by atomic mass is 9.62. The van der Waals surface area contributed by atoms with E-state index in [-0.39, 0.29) is 16.6 Å². The quantitative estimate of drug-likeness (QED) is 0.290. The van der Waals surface area contributed by atoms with Crippen LogP contribution in [0.5, 0.6) is 0 Å². The summed E-state index contributed by atoms with van der Waals surface area (Å²) in [6.07, 6.45) is 7.39. The largest absolute Gasteiger partial charge is 0.456 e. The van der Waals surface area contributed by atoms with Gasteiger partial charge in [0.05, 0.1) is 17.4 Å². The Morgan fingerprint density at radius 2 is 1.62 bits per heavy atom. The molecule has 5 rings (SSSR count). The van der Waals surface area contributed by atoms with Crippen molar-refractivity contribution in [1.29, 1.82) is 0 Å². The molecule has 0 fully saturated rings. The molecule has 2 aromatic carbocycles. The number of furan rings is 1. The first-order valence-electron chi connectivity index (χ1n) is 13.2. The Kier molecular flexibility index (Phi) is 6.85. The van der Waals surface area contributed by atoms with Gasteiger partial charge in [0.25, 0.3) is 11.8 Å². The molecule has 2 aromatic heterocycles. The molecule has 0 spiro atoms. The summed E-state index contributed by atoms with van der Waals surface area (Å²) < 4.78 is 5.98. The molecule has 1 aliphatic rings. The van der Waals surface area contributed by atoms with Crippen LogP contribution in [-0.4, -0.2) is 21.8 Å². The zero-order chi connectivity index (χ0) is 27.8.